The molecule has 1 N–H and O–H groups in total. The SMILES string of the molecule is COC(=O)c1cc(CNC2=NCCN2C)oc1C.I. The molecule has 0 fully saturated rings. The van der Waals surface area contributed by atoms with E-state index in [9.17, 15) is 4.79 Å². The molecule has 0 saturated carbocycles. The molecule has 1 aliphatic heterocycles. The lowest BCUT2D eigenvalue weighted by Gasteiger charge is -2.14. The molecule has 1 aromatic rings. The standard InChI is InChI=1S/C12H17N3O3.HI/c1-8-10(11(16)17-3)6-9(18-8)7-14-12-13-4-5-15(12)2;/h6H,4-5,7H2,1-3H3,(H,13,14);1H. The summed E-state index contributed by atoms with van der Waals surface area (Å²) in [4.78, 5) is 17.8. The average molecular weight is 379 g/mol. The summed E-state index contributed by atoms with van der Waals surface area (Å²) < 4.78 is 10.2. The first-order chi connectivity index (χ1) is 8.61. The van der Waals surface area contributed by atoms with Crippen molar-refractivity contribution in [2.75, 3.05) is 27.2 Å². The van der Waals surface area contributed by atoms with Crippen molar-refractivity contribution in [1.82, 2.24) is 10.2 Å². The minimum atomic E-state index is -0.377. The van der Waals surface area contributed by atoms with Gasteiger partial charge >= 0.3 is 5.97 Å². The third-order valence-electron chi connectivity index (χ3n) is 2.85. The Kier molecular flexibility index (Phi) is 5.64. The van der Waals surface area contributed by atoms with Gasteiger partial charge < -0.3 is 19.4 Å². The summed E-state index contributed by atoms with van der Waals surface area (Å²) in [7, 11) is 3.33. The van der Waals surface area contributed by atoms with Gasteiger partial charge in [-0.05, 0) is 13.0 Å². The van der Waals surface area contributed by atoms with Gasteiger partial charge in [0.15, 0.2) is 5.96 Å². The van der Waals surface area contributed by atoms with Crippen LogP contribution in [0.5, 0.6) is 0 Å². The maximum absolute atomic E-state index is 11.4. The molecule has 19 heavy (non-hydrogen) atoms. The van der Waals surface area contributed by atoms with Crippen LogP contribution in [0.2, 0.25) is 0 Å². The Morgan fingerprint density at radius 1 is 1.63 bits per heavy atom. The Labute approximate surface area is 129 Å². The molecule has 6 nitrogen and oxygen atoms in total. The number of aryl methyl sites for hydroxylation is 1. The summed E-state index contributed by atoms with van der Waals surface area (Å²) in [6.07, 6.45) is 0. The zero-order valence-corrected chi connectivity index (χ0v) is 13.6. The normalized spacial score (nSPS) is 13.8. The average Bonchev–Trinajstić information content (AvgIpc) is 2.92. The number of carbonyl (C=O) groups is 1. The van der Waals surface area contributed by atoms with Crippen molar-refractivity contribution in [3.63, 3.8) is 0 Å². The van der Waals surface area contributed by atoms with Gasteiger partial charge in [-0.25, -0.2) is 4.79 Å². The Morgan fingerprint density at radius 2 is 2.37 bits per heavy atom. The van der Waals surface area contributed by atoms with Crippen LogP contribution >= 0.6 is 24.0 Å². The number of nitrogens with zero attached hydrogens (tertiary/aromatic N) is 2. The minimum Gasteiger partial charge on any atom is -0.465 e. The number of ether oxygens (including phenoxy) is 1. The van der Waals surface area contributed by atoms with E-state index in [0.717, 1.165) is 19.0 Å². The molecule has 2 rings (SSSR count). The topological polar surface area (TPSA) is 67.1 Å². The van der Waals surface area contributed by atoms with Gasteiger partial charge in [0.05, 0.1) is 20.2 Å². The smallest absolute Gasteiger partial charge is 0.341 e. The highest BCUT2D eigenvalue weighted by Crippen LogP contribution is 2.15. The second kappa shape index (κ2) is 6.78. The lowest BCUT2D eigenvalue weighted by Crippen LogP contribution is -2.34. The van der Waals surface area contributed by atoms with Gasteiger partial charge in [-0.3, -0.25) is 4.99 Å². The zero-order valence-electron chi connectivity index (χ0n) is 11.2. The molecule has 0 amide bonds. The molecule has 7 heteroatoms. The third-order valence-corrected chi connectivity index (χ3v) is 2.85. The van der Waals surface area contributed by atoms with Crippen LogP contribution < -0.4 is 5.32 Å². The molecular formula is C12H18IN3O3. The van der Waals surface area contributed by atoms with Crippen molar-refractivity contribution in [3.05, 3.63) is 23.2 Å². The summed E-state index contributed by atoms with van der Waals surface area (Å²) in [5, 5.41) is 3.18. The van der Waals surface area contributed by atoms with E-state index in [1.165, 1.54) is 7.11 Å². The third kappa shape index (κ3) is 3.62. The van der Waals surface area contributed by atoms with Crippen molar-refractivity contribution in [2.45, 2.75) is 13.5 Å². The number of guanidine groups is 1. The largest absolute Gasteiger partial charge is 0.465 e. The summed E-state index contributed by atoms with van der Waals surface area (Å²) in [6, 6.07) is 1.70. The summed E-state index contributed by atoms with van der Waals surface area (Å²) in [5.74, 6) is 1.73. The molecule has 0 spiro atoms. The van der Waals surface area contributed by atoms with Gasteiger partial charge in [0, 0.05) is 13.6 Å². The molecule has 1 aromatic heterocycles. The first-order valence-electron chi connectivity index (χ1n) is 5.79. The molecule has 106 valence electrons. The summed E-state index contributed by atoms with van der Waals surface area (Å²) in [6.45, 7) is 3.98. The van der Waals surface area contributed by atoms with Crippen LogP contribution in [-0.2, 0) is 11.3 Å². The van der Waals surface area contributed by atoms with Gasteiger partial charge in [-0.2, -0.15) is 0 Å². The minimum absolute atomic E-state index is 0. The molecule has 0 bridgehead atoms. The van der Waals surface area contributed by atoms with Crippen molar-refractivity contribution in [1.29, 1.82) is 0 Å². The van der Waals surface area contributed by atoms with Gasteiger partial charge in [-0.1, -0.05) is 0 Å². The van der Waals surface area contributed by atoms with E-state index in [1.54, 1.807) is 13.0 Å². The highest BCUT2D eigenvalue weighted by Gasteiger charge is 2.16. The lowest BCUT2D eigenvalue weighted by molar-refractivity contribution is 0.0599. The van der Waals surface area contributed by atoms with Crippen LogP contribution in [0.15, 0.2) is 15.5 Å². The Balaban J connectivity index is 0.00000180. The van der Waals surface area contributed by atoms with Crippen molar-refractivity contribution in [3.8, 4) is 0 Å². The number of methoxy groups -OCH3 is 1. The van der Waals surface area contributed by atoms with E-state index in [0.29, 0.717) is 23.6 Å². The Morgan fingerprint density at radius 3 is 2.95 bits per heavy atom. The van der Waals surface area contributed by atoms with Crippen LogP contribution in [0, 0.1) is 6.92 Å². The van der Waals surface area contributed by atoms with E-state index in [1.807, 2.05) is 11.9 Å². The van der Waals surface area contributed by atoms with Crippen LogP contribution in [0.3, 0.4) is 0 Å². The van der Waals surface area contributed by atoms with E-state index in [-0.39, 0.29) is 29.9 Å². The summed E-state index contributed by atoms with van der Waals surface area (Å²) in [5.41, 5.74) is 0.469. The number of hydrogen-bond acceptors (Lipinski definition) is 6. The molecular weight excluding hydrogens is 361 g/mol. The fourth-order valence-corrected chi connectivity index (χ4v) is 1.83. The number of aliphatic imine (C=N–C) groups is 1. The van der Waals surface area contributed by atoms with Crippen LogP contribution in [0.4, 0.5) is 0 Å². The highest BCUT2D eigenvalue weighted by atomic mass is 127. The molecule has 0 radical (unpaired) electrons. The van der Waals surface area contributed by atoms with Crippen molar-refractivity contribution < 1.29 is 13.9 Å². The van der Waals surface area contributed by atoms with E-state index >= 15 is 0 Å². The number of carbonyl (C=O) groups excluding carboxylic acids is 1. The Bertz CT molecular complexity index is 485. The monoisotopic (exact) mass is 379 g/mol. The van der Waals surface area contributed by atoms with Crippen LogP contribution in [-0.4, -0.2) is 44.1 Å². The highest BCUT2D eigenvalue weighted by molar-refractivity contribution is 14.0. The molecule has 0 unspecified atom stereocenters. The fourth-order valence-electron chi connectivity index (χ4n) is 1.83. The number of rotatable bonds is 3. The predicted octanol–water partition coefficient (Wildman–Crippen LogP) is 1.38. The van der Waals surface area contributed by atoms with Gasteiger partial charge in [0.1, 0.15) is 17.1 Å². The van der Waals surface area contributed by atoms with Gasteiger partial charge in [0.2, 0.25) is 0 Å². The van der Waals surface area contributed by atoms with Crippen molar-refractivity contribution >= 4 is 35.9 Å². The number of nitrogens with one attached hydrogen (secondary N) is 1. The fraction of sp³-hybridized carbons (Fsp3) is 0.500. The second-order valence-corrected chi connectivity index (χ2v) is 4.15. The predicted molar refractivity (Wildman–Crippen MR) is 82.0 cm³/mol. The first kappa shape index (κ1) is 15.8. The lowest BCUT2D eigenvalue weighted by atomic mass is 10.2. The second-order valence-electron chi connectivity index (χ2n) is 4.15. The van der Waals surface area contributed by atoms with E-state index in [4.69, 9.17) is 4.42 Å². The van der Waals surface area contributed by atoms with Gasteiger partial charge in [-0.15, -0.1) is 24.0 Å². The molecule has 1 aliphatic rings. The maximum atomic E-state index is 11.4. The van der Waals surface area contributed by atoms with Crippen molar-refractivity contribution in [2.24, 2.45) is 4.99 Å². The molecule has 0 aromatic carbocycles. The molecule has 0 saturated heterocycles. The molecule has 0 aliphatic carbocycles. The number of furan rings is 1. The molecule has 0 atom stereocenters. The number of halogens is 1. The first-order valence-corrected chi connectivity index (χ1v) is 5.79. The summed E-state index contributed by atoms with van der Waals surface area (Å²) >= 11 is 0. The maximum Gasteiger partial charge on any atom is 0.341 e. The van der Waals surface area contributed by atoms with E-state index < -0.39 is 0 Å². The number of hydrogen-bond donors (Lipinski definition) is 1. The zero-order chi connectivity index (χ0) is 13.1. The van der Waals surface area contributed by atoms with Gasteiger partial charge in [0.25, 0.3) is 0 Å². The van der Waals surface area contributed by atoms with Crippen LogP contribution in [0.1, 0.15) is 21.9 Å². The number of esters is 1. The number of likely N-dealkylation sites (N-methyl/N-ethyl adjacent to an activating group) is 1. The Hall–Kier alpha value is -1.25. The van der Waals surface area contributed by atoms with E-state index in [2.05, 4.69) is 15.0 Å². The van der Waals surface area contributed by atoms with Crippen LogP contribution in [0.25, 0.3) is 0 Å². The quantitative estimate of drug-likeness (QED) is 0.635. The molecule has 2 heterocycles.